The number of rotatable bonds is 2. The van der Waals surface area contributed by atoms with Crippen LogP contribution in [-0.2, 0) is 0 Å². The minimum absolute atomic E-state index is 0.0581. The third-order valence-corrected chi connectivity index (χ3v) is 5.33. The first-order chi connectivity index (χ1) is 11.7. The molecule has 0 fully saturated rings. The van der Waals surface area contributed by atoms with Gasteiger partial charge in [-0.2, -0.15) is 0 Å². The number of hydrogen-bond acceptors (Lipinski definition) is 2. The Balaban J connectivity index is 1.99. The Kier molecular flexibility index (Phi) is 4.58. The van der Waals surface area contributed by atoms with Crippen LogP contribution in [0.15, 0.2) is 35.3 Å². The highest BCUT2D eigenvalue weighted by molar-refractivity contribution is 6.33. The fourth-order valence-corrected chi connectivity index (χ4v) is 3.64. The predicted octanol–water partition coefficient (Wildman–Crippen LogP) is 6.09. The van der Waals surface area contributed by atoms with Crippen molar-refractivity contribution in [1.82, 2.24) is 0 Å². The van der Waals surface area contributed by atoms with Crippen LogP contribution in [0.5, 0.6) is 0 Å². The van der Waals surface area contributed by atoms with Crippen LogP contribution in [-0.4, -0.2) is 18.8 Å². The molecule has 0 spiro atoms. The highest BCUT2D eigenvalue weighted by atomic mass is 35.5. The maximum atomic E-state index is 13.7. The lowest BCUT2D eigenvalue weighted by molar-refractivity contribution is 0.395. The van der Waals surface area contributed by atoms with Crippen molar-refractivity contribution < 1.29 is 8.78 Å². The quantitative estimate of drug-likeness (QED) is 0.590. The first-order valence-corrected chi connectivity index (χ1v) is 8.63. The third-order valence-electron chi connectivity index (χ3n) is 5.00. The number of anilines is 1. The van der Waals surface area contributed by atoms with Gasteiger partial charge >= 0.3 is 0 Å². The maximum absolute atomic E-state index is 13.7. The second-order valence-electron chi connectivity index (χ2n) is 7.26. The van der Waals surface area contributed by atoms with Gasteiger partial charge in [0.1, 0.15) is 5.82 Å². The van der Waals surface area contributed by atoms with Crippen molar-refractivity contribution in [2.45, 2.75) is 38.6 Å². The van der Waals surface area contributed by atoms with E-state index in [4.69, 9.17) is 11.6 Å². The van der Waals surface area contributed by atoms with Gasteiger partial charge in [-0.3, -0.25) is 4.99 Å². The molecule has 0 aliphatic carbocycles. The molecule has 0 radical (unpaired) electrons. The van der Waals surface area contributed by atoms with E-state index in [2.05, 4.69) is 37.7 Å². The number of halogens is 3. The van der Waals surface area contributed by atoms with Crippen LogP contribution < -0.4 is 4.90 Å². The lowest BCUT2D eigenvalue weighted by atomic mass is 9.80. The summed E-state index contributed by atoms with van der Waals surface area (Å²) in [4.78, 5) is 6.38. The molecule has 25 heavy (non-hydrogen) atoms. The van der Waals surface area contributed by atoms with Crippen LogP contribution in [0, 0.1) is 11.6 Å². The van der Waals surface area contributed by atoms with Crippen molar-refractivity contribution in [3.63, 3.8) is 0 Å². The van der Waals surface area contributed by atoms with E-state index in [0.29, 0.717) is 10.9 Å². The molecule has 1 heterocycles. The number of nitrogens with zero attached hydrogens (tertiary/aromatic N) is 2. The van der Waals surface area contributed by atoms with Gasteiger partial charge in [0.15, 0.2) is 5.82 Å². The SMILES string of the molecule is CC1CC(C)(C)N(C)c2cc(Cl)c(C=Nc3ccc(F)cc3F)cc21. The zero-order valence-electron chi connectivity index (χ0n) is 14.8. The molecule has 2 aromatic rings. The highest BCUT2D eigenvalue weighted by Crippen LogP contribution is 2.44. The second kappa shape index (κ2) is 6.41. The summed E-state index contributed by atoms with van der Waals surface area (Å²) < 4.78 is 26.7. The molecule has 1 unspecified atom stereocenters. The summed E-state index contributed by atoms with van der Waals surface area (Å²) in [6.45, 7) is 6.63. The maximum Gasteiger partial charge on any atom is 0.151 e. The van der Waals surface area contributed by atoms with E-state index in [0.717, 1.165) is 23.7 Å². The molecule has 2 nitrogen and oxygen atoms in total. The lowest BCUT2D eigenvalue weighted by Crippen LogP contribution is -2.45. The summed E-state index contributed by atoms with van der Waals surface area (Å²) in [5.41, 5.74) is 3.18. The van der Waals surface area contributed by atoms with E-state index < -0.39 is 11.6 Å². The van der Waals surface area contributed by atoms with Gasteiger partial charge < -0.3 is 4.90 Å². The molecule has 0 amide bonds. The Hall–Kier alpha value is -1.94. The Morgan fingerprint density at radius 2 is 1.96 bits per heavy atom. The van der Waals surface area contributed by atoms with E-state index >= 15 is 0 Å². The van der Waals surface area contributed by atoms with Gasteiger partial charge in [-0.05, 0) is 56.0 Å². The average Bonchev–Trinajstić information content (AvgIpc) is 2.52. The molecular formula is C20H21ClF2N2. The van der Waals surface area contributed by atoms with Gasteiger partial charge in [-0.1, -0.05) is 18.5 Å². The summed E-state index contributed by atoms with van der Waals surface area (Å²) in [5, 5.41) is 0.557. The Morgan fingerprint density at radius 3 is 2.64 bits per heavy atom. The summed E-state index contributed by atoms with van der Waals surface area (Å²) >= 11 is 6.43. The van der Waals surface area contributed by atoms with Crippen LogP contribution in [0.2, 0.25) is 5.02 Å². The normalized spacial score (nSPS) is 19.3. The predicted molar refractivity (Wildman–Crippen MR) is 101 cm³/mol. The molecule has 132 valence electrons. The van der Waals surface area contributed by atoms with Crippen molar-refractivity contribution in [3.8, 4) is 0 Å². The van der Waals surface area contributed by atoms with Gasteiger partial charge in [0.2, 0.25) is 0 Å². The molecule has 0 saturated heterocycles. The molecule has 0 aromatic heterocycles. The largest absolute Gasteiger partial charge is 0.369 e. The first kappa shape index (κ1) is 17.9. The molecule has 0 saturated carbocycles. The molecule has 1 aliphatic heterocycles. The van der Waals surface area contributed by atoms with E-state index in [1.165, 1.54) is 23.9 Å². The smallest absolute Gasteiger partial charge is 0.151 e. The molecule has 0 bridgehead atoms. The number of benzene rings is 2. The van der Waals surface area contributed by atoms with E-state index in [-0.39, 0.29) is 11.2 Å². The second-order valence-corrected chi connectivity index (χ2v) is 7.67. The summed E-state index contributed by atoms with van der Waals surface area (Å²) in [6.07, 6.45) is 2.56. The van der Waals surface area contributed by atoms with E-state index in [9.17, 15) is 8.78 Å². The van der Waals surface area contributed by atoms with Crippen LogP contribution >= 0.6 is 11.6 Å². The van der Waals surface area contributed by atoms with Gasteiger partial charge in [0, 0.05) is 36.1 Å². The molecule has 1 atom stereocenters. The van der Waals surface area contributed by atoms with Gasteiger partial charge in [-0.15, -0.1) is 0 Å². The van der Waals surface area contributed by atoms with Crippen molar-refractivity contribution >= 4 is 29.2 Å². The standard InChI is InChI=1S/C20H21ClF2N2/c1-12-10-20(2,3)25(4)19-9-16(21)13(7-15(12)19)11-24-18-6-5-14(22)8-17(18)23/h5-9,11-12H,10H2,1-4H3. The topological polar surface area (TPSA) is 15.6 Å². The summed E-state index contributed by atoms with van der Waals surface area (Å²) in [5.74, 6) is -0.934. The van der Waals surface area contributed by atoms with E-state index in [1.54, 1.807) is 0 Å². The summed E-state index contributed by atoms with van der Waals surface area (Å²) in [6, 6.07) is 7.27. The van der Waals surface area contributed by atoms with Gasteiger partial charge in [0.25, 0.3) is 0 Å². The molecule has 0 N–H and O–H groups in total. The average molecular weight is 363 g/mol. The summed E-state index contributed by atoms with van der Waals surface area (Å²) in [7, 11) is 2.07. The zero-order chi connectivity index (χ0) is 18.4. The van der Waals surface area contributed by atoms with Crippen LogP contribution in [0.25, 0.3) is 0 Å². The third kappa shape index (κ3) is 3.40. The number of aliphatic imine (C=N–C) groups is 1. The minimum Gasteiger partial charge on any atom is -0.369 e. The van der Waals surface area contributed by atoms with Crippen LogP contribution in [0.1, 0.15) is 44.2 Å². The molecular weight excluding hydrogens is 342 g/mol. The van der Waals surface area contributed by atoms with Crippen molar-refractivity contribution in [2.24, 2.45) is 4.99 Å². The molecule has 3 rings (SSSR count). The molecule has 1 aliphatic rings. The number of fused-ring (bicyclic) bond motifs is 1. The lowest BCUT2D eigenvalue weighted by Gasteiger charge is -2.45. The Morgan fingerprint density at radius 1 is 1.24 bits per heavy atom. The first-order valence-electron chi connectivity index (χ1n) is 8.25. The highest BCUT2D eigenvalue weighted by Gasteiger charge is 2.34. The molecule has 5 heteroatoms. The van der Waals surface area contributed by atoms with Gasteiger partial charge in [0.05, 0.1) is 10.7 Å². The van der Waals surface area contributed by atoms with Crippen molar-refractivity contribution in [3.05, 3.63) is 58.1 Å². The fourth-order valence-electron chi connectivity index (χ4n) is 3.43. The Labute approximate surface area is 152 Å². The van der Waals surface area contributed by atoms with Crippen molar-refractivity contribution in [1.29, 1.82) is 0 Å². The molecule has 2 aromatic carbocycles. The Bertz CT molecular complexity index is 846. The van der Waals surface area contributed by atoms with Crippen molar-refractivity contribution in [2.75, 3.05) is 11.9 Å². The minimum atomic E-state index is -0.694. The van der Waals surface area contributed by atoms with E-state index in [1.807, 2.05) is 12.1 Å². The van der Waals surface area contributed by atoms with Crippen LogP contribution in [0.3, 0.4) is 0 Å². The fraction of sp³-hybridized carbons (Fsp3) is 0.350. The zero-order valence-corrected chi connectivity index (χ0v) is 15.5. The number of hydrogen-bond donors (Lipinski definition) is 0. The van der Waals surface area contributed by atoms with Gasteiger partial charge in [-0.25, -0.2) is 8.78 Å². The van der Waals surface area contributed by atoms with Crippen LogP contribution in [0.4, 0.5) is 20.2 Å². The monoisotopic (exact) mass is 362 g/mol.